The topological polar surface area (TPSA) is 41.5 Å². The maximum Gasteiger partial charge on any atom is 0.416 e. The van der Waals surface area contributed by atoms with E-state index in [9.17, 15) is 18.0 Å². The first kappa shape index (κ1) is 18.4. The van der Waals surface area contributed by atoms with Gasteiger partial charge in [0.05, 0.1) is 16.8 Å². The maximum absolute atomic E-state index is 12.5. The fourth-order valence-corrected chi connectivity index (χ4v) is 3.80. The van der Waals surface area contributed by atoms with E-state index in [4.69, 9.17) is 11.6 Å². The summed E-state index contributed by atoms with van der Waals surface area (Å²) in [5, 5.41) is 4.93. The molecule has 0 radical (unpaired) electrons. The van der Waals surface area contributed by atoms with E-state index >= 15 is 0 Å². The van der Waals surface area contributed by atoms with Crippen LogP contribution in [-0.4, -0.2) is 12.1 Å². The van der Waals surface area contributed by atoms with Crippen molar-refractivity contribution in [2.24, 2.45) is 5.10 Å². The predicted molar refractivity (Wildman–Crippen MR) is 98.1 cm³/mol. The van der Waals surface area contributed by atoms with Crippen molar-refractivity contribution in [1.29, 1.82) is 0 Å². The van der Waals surface area contributed by atoms with Crippen LogP contribution in [0.4, 0.5) is 13.2 Å². The fraction of sp³-hybridized carbons (Fsp3) is 0.111. The minimum atomic E-state index is -4.39. The van der Waals surface area contributed by atoms with Crippen LogP contribution in [0.1, 0.15) is 26.4 Å². The van der Waals surface area contributed by atoms with E-state index in [0.29, 0.717) is 15.5 Å². The lowest BCUT2D eigenvalue weighted by molar-refractivity contribution is -0.137. The number of hydrogen-bond donors (Lipinski definition) is 1. The summed E-state index contributed by atoms with van der Waals surface area (Å²) >= 11 is 7.51. The molecule has 0 aliphatic carbocycles. The zero-order valence-electron chi connectivity index (χ0n) is 13.4. The summed E-state index contributed by atoms with van der Waals surface area (Å²) in [6.45, 7) is 1.95. The molecule has 3 aromatic rings. The van der Waals surface area contributed by atoms with Gasteiger partial charge in [0.15, 0.2) is 0 Å². The van der Waals surface area contributed by atoms with Gasteiger partial charge in [0.1, 0.15) is 4.88 Å². The molecule has 0 bridgehead atoms. The number of thiophene rings is 1. The number of aryl methyl sites for hydroxylation is 1. The largest absolute Gasteiger partial charge is 0.416 e. The minimum absolute atomic E-state index is 0.330. The summed E-state index contributed by atoms with van der Waals surface area (Å²) in [4.78, 5) is 12.6. The highest BCUT2D eigenvalue weighted by atomic mass is 35.5. The van der Waals surface area contributed by atoms with Gasteiger partial charge in [-0.05, 0) is 36.2 Å². The molecule has 1 N–H and O–H groups in total. The van der Waals surface area contributed by atoms with Crippen LogP contribution in [0.2, 0.25) is 5.02 Å². The quantitative estimate of drug-likeness (QED) is 0.451. The fourth-order valence-electron chi connectivity index (χ4n) is 2.29. The number of rotatable bonds is 3. The maximum atomic E-state index is 12.5. The van der Waals surface area contributed by atoms with Crippen LogP contribution >= 0.6 is 22.9 Å². The second kappa shape index (κ2) is 7.09. The molecule has 134 valence electrons. The van der Waals surface area contributed by atoms with Gasteiger partial charge in [0.25, 0.3) is 5.91 Å². The third kappa shape index (κ3) is 3.89. The number of hydrogen-bond acceptors (Lipinski definition) is 3. The van der Waals surface area contributed by atoms with Crippen molar-refractivity contribution in [3.63, 3.8) is 0 Å². The first-order chi connectivity index (χ1) is 12.3. The Balaban J connectivity index is 1.72. The number of fused-ring (bicyclic) bond motifs is 1. The Morgan fingerprint density at radius 1 is 1.19 bits per heavy atom. The second-order valence-electron chi connectivity index (χ2n) is 5.56. The van der Waals surface area contributed by atoms with E-state index < -0.39 is 17.6 Å². The average Bonchev–Trinajstić information content (AvgIpc) is 2.90. The van der Waals surface area contributed by atoms with Gasteiger partial charge in [0.2, 0.25) is 0 Å². The minimum Gasteiger partial charge on any atom is -0.266 e. The van der Waals surface area contributed by atoms with Crippen LogP contribution in [0.5, 0.6) is 0 Å². The second-order valence-corrected chi connectivity index (χ2v) is 6.99. The normalized spacial score (nSPS) is 12.0. The standard InChI is InChI=1S/C18H12ClF3N2OS/c1-10-2-7-13-14(8-10)26-16(15(13)19)17(25)24-23-9-11-3-5-12(6-4-11)18(20,21)22/h2-9H,1H3,(H,24,25)/b23-9-. The third-order valence-electron chi connectivity index (χ3n) is 3.61. The number of benzene rings is 2. The lowest BCUT2D eigenvalue weighted by Crippen LogP contribution is -2.16. The van der Waals surface area contributed by atoms with Gasteiger partial charge in [-0.2, -0.15) is 18.3 Å². The van der Waals surface area contributed by atoms with Crippen molar-refractivity contribution in [2.75, 3.05) is 0 Å². The number of halogens is 4. The lowest BCUT2D eigenvalue weighted by Gasteiger charge is -2.05. The molecular formula is C18H12ClF3N2OS. The molecule has 0 aliphatic heterocycles. The van der Waals surface area contributed by atoms with E-state index in [0.717, 1.165) is 27.8 Å². The summed E-state index contributed by atoms with van der Waals surface area (Å²) < 4.78 is 38.4. The predicted octanol–water partition coefficient (Wildman–Crippen LogP) is 5.65. The number of amides is 1. The van der Waals surface area contributed by atoms with Crippen molar-refractivity contribution >= 4 is 45.1 Å². The van der Waals surface area contributed by atoms with Gasteiger partial charge < -0.3 is 0 Å². The van der Waals surface area contributed by atoms with Crippen molar-refractivity contribution in [1.82, 2.24) is 5.43 Å². The molecule has 3 nitrogen and oxygen atoms in total. The summed E-state index contributed by atoms with van der Waals surface area (Å²) in [6.07, 6.45) is -3.12. The summed E-state index contributed by atoms with van der Waals surface area (Å²) in [5.74, 6) is -0.475. The number of nitrogens with one attached hydrogen (secondary N) is 1. The Morgan fingerprint density at radius 3 is 2.54 bits per heavy atom. The zero-order chi connectivity index (χ0) is 18.9. The van der Waals surface area contributed by atoms with E-state index in [1.807, 2.05) is 25.1 Å². The smallest absolute Gasteiger partial charge is 0.266 e. The van der Waals surface area contributed by atoms with Crippen molar-refractivity contribution in [2.45, 2.75) is 13.1 Å². The molecule has 0 unspecified atom stereocenters. The van der Waals surface area contributed by atoms with Crippen LogP contribution in [0, 0.1) is 6.92 Å². The monoisotopic (exact) mass is 396 g/mol. The van der Waals surface area contributed by atoms with Crippen LogP contribution in [-0.2, 0) is 6.18 Å². The Hall–Kier alpha value is -2.38. The summed E-state index contributed by atoms with van der Waals surface area (Å²) in [6, 6.07) is 10.1. The Bertz CT molecular complexity index is 994. The Morgan fingerprint density at radius 2 is 1.88 bits per heavy atom. The molecule has 26 heavy (non-hydrogen) atoms. The van der Waals surface area contributed by atoms with Crippen molar-refractivity contribution in [3.05, 3.63) is 69.1 Å². The molecule has 1 aromatic heterocycles. The molecule has 8 heteroatoms. The van der Waals surface area contributed by atoms with E-state index in [-0.39, 0.29) is 0 Å². The highest BCUT2D eigenvalue weighted by Crippen LogP contribution is 2.35. The van der Waals surface area contributed by atoms with Gasteiger partial charge in [-0.15, -0.1) is 11.3 Å². The molecule has 0 spiro atoms. The van der Waals surface area contributed by atoms with Crippen molar-refractivity contribution in [3.8, 4) is 0 Å². The third-order valence-corrected chi connectivity index (χ3v) is 5.26. The van der Waals surface area contributed by atoms with Crippen LogP contribution in [0.15, 0.2) is 47.6 Å². The SMILES string of the molecule is Cc1ccc2c(Cl)c(C(=O)N/N=C\c3ccc(C(F)(F)F)cc3)sc2c1. The lowest BCUT2D eigenvalue weighted by atomic mass is 10.1. The van der Waals surface area contributed by atoms with Crippen LogP contribution in [0.3, 0.4) is 0 Å². The highest BCUT2D eigenvalue weighted by Gasteiger charge is 2.29. The number of carbonyl (C=O) groups is 1. The van der Waals surface area contributed by atoms with E-state index in [1.165, 1.54) is 29.7 Å². The van der Waals surface area contributed by atoms with E-state index in [1.54, 1.807) is 0 Å². The molecular weight excluding hydrogens is 385 g/mol. The first-order valence-corrected chi connectivity index (χ1v) is 8.64. The van der Waals surface area contributed by atoms with E-state index in [2.05, 4.69) is 10.5 Å². The van der Waals surface area contributed by atoms with Gasteiger partial charge >= 0.3 is 6.18 Å². The first-order valence-electron chi connectivity index (χ1n) is 7.45. The summed E-state index contributed by atoms with van der Waals surface area (Å²) in [7, 11) is 0. The van der Waals surface area contributed by atoms with Crippen molar-refractivity contribution < 1.29 is 18.0 Å². The molecule has 3 rings (SSSR count). The Labute approximate surface area is 156 Å². The number of alkyl halides is 3. The van der Waals surface area contributed by atoms with Crippen LogP contribution < -0.4 is 5.43 Å². The summed E-state index contributed by atoms with van der Waals surface area (Å²) in [5.41, 5.74) is 3.08. The molecule has 0 saturated carbocycles. The highest BCUT2D eigenvalue weighted by molar-refractivity contribution is 7.21. The van der Waals surface area contributed by atoms with Gasteiger partial charge in [0, 0.05) is 10.1 Å². The molecule has 0 aliphatic rings. The number of carbonyl (C=O) groups excluding carboxylic acids is 1. The molecule has 0 fully saturated rings. The molecule has 1 amide bonds. The number of nitrogens with zero attached hydrogens (tertiary/aromatic N) is 1. The molecule has 1 heterocycles. The number of hydrazone groups is 1. The zero-order valence-corrected chi connectivity index (χ0v) is 15.0. The van der Waals surface area contributed by atoms with Crippen LogP contribution in [0.25, 0.3) is 10.1 Å². The van der Waals surface area contributed by atoms with Gasteiger partial charge in [-0.3, -0.25) is 4.79 Å². The molecule has 0 saturated heterocycles. The van der Waals surface area contributed by atoms with Gasteiger partial charge in [-0.25, -0.2) is 5.43 Å². The average molecular weight is 397 g/mol. The molecule has 2 aromatic carbocycles. The van der Waals surface area contributed by atoms with Gasteiger partial charge in [-0.1, -0.05) is 35.9 Å². The molecule has 0 atom stereocenters. The Kier molecular flexibility index (Phi) is 5.02.